The van der Waals surface area contributed by atoms with Gasteiger partial charge in [-0.25, -0.2) is 0 Å². The van der Waals surface area contributed by atoms with Crippen molar-refractivity contribution < 1.29 is 49.3 Å². The molecule has 0 aromatic carbocycles. The van der Waals surface area contributed by atoms with E-state index in [2.05, 4.69) is 99.0 Å². The molecule has 0 aromatic rings. The van der Waals surface area contributed by atoms with Crippen LogP contribution < -0.4 is 5.32 Å². The van der Waals surface area contributed by atoms with Crippen LogP contribution in [-0.4, -0.2) is 99.6 Å². The minimum Gasteiger partial charge on any atom is -0.454 e. The number of allylic oxidation sites excluding steroid dienone is 15. The number of ether oxygens (including phenoxy) is 3. The number of esters is 1. The molecule has 0 bridgehead atoms. The minimum atomic E-state index is -1.64. The zero-order valence-corrected chi connectivity index (χ0v) is 43.8. The van der Waals surface area contributed by atoms with Gasteiger partial charge in [-0.05, 0) is 96.3 Å². The molecule has 1 amide bonds. The lowest BCUT2D eigenvalue weighted by Crippen LogP contribution is -2.61. The second kappa shape index (κ2) is 46.6. The largest absolute Gasteiger partial charge is 0.454 e. The summed E-state index contributed by atoms with van der Waals surface area (Å²) in [6.45, 7) is 5.55. The molecule has 11 heteroatoms. The molecular weight excluding hydrogens is 883 g/mol. The SMILES string of the molecule is CC/C=C/C/C=C/C/C=C/CCCCCCC(=O)OC1C(OCC(NC(=O)C(O)CC/C=C\C/C=C\C/C=C\C/C=C\CCCCC)C(O)/C=C/CCCCCCCCCCC)OC(CO)C(O)C1O. The van der Waals surface area contributed by atoms with Gasteiger partial charge in [-0.2, -0.15) is 0 Å². The van der Waals surface area contributed by atoms with Crippen LogP contribution in [0.1, 0.15) is 201 Å². The molecule has 8 atom stereocenters. The fourth-order valence-electron chi connectivity index (χ4n) is 7.83. The Balaban J connectivity index is 2.81. The first-order valence-corrected chi connectivity index (χ1v) is 27.5. The molecule has 400 valence electrons. The number of hydrogen-bond acceptors (Lipinski definition) is 10. The normalized spacial score (nSPS) is 20.5. The Hall–Kier alpha value is -3.42. The average molecular weight is 982 g/mol. The molecule has 11 nitrogen and oxygen atoms in total. The van der Waals surface area contributed by atoms with Crippen molar-refractivity contribution in [1.82, 2.24) is 5.32 Å². The predicted molar refractivity (Wildman–Crippen MR) is 287 cm³/mol. The van der Waals surface area contributed by atoms with Crippen LogP contribution in [0.25, 0.3) is 0 Å². The number of hydrogen-bond donors (Lipinski definition) is 6. The monoisotopic (exact) mass is 982 g/mol. The van der Waals surface area contributed by atoms with Crippen molar-refractivity contribution in [3.63, 3.8) is 0 Å². The highest BCUT2D eigenvalue weighted by atomic mass is 16.7. The number of carbonyl (C=O) groups excluding carboxylic acids is 2. The fraction of sp³-hybridized carbons (Fsp3) is 0.695. The molecule has 1 heterocycles. The third-order valence-corrected chi connectivity index (χ3v) is 12.2. The summed E-state index contributed by atoms with van der Waals surface area (Å²) in [6, 6.07) is -1.06. The van der Waals surface area contributed by atoms with E-state index in [0.29, 0.717) is 12.8 Å². The summed E-state index contributed by atoms with van der Waals surface area (Å²) in [5.41, 5.74) is 0. The highest BCUT2D eigenvalue weighted by Crippen LogP contribution is 2.26. The standard InChI is InChI=1S/C59H99NO10/c1-4-7-10-13-16-19-22-24-26-27-28-31-34-37-40-43-46-52(63)58(67)60-50(51(62)45-42-39-36-33-30-21-18-15-12-9-6-3)49-68-59-57(56(66)55(65)53(48-61)69-59)70-54(64)47-44-41-38-35-32-29-25-23-20-17-14-11-8-5-2/h8,11,16-17,19-20,24-26,28-29,31,37,40,42,45,50-53,55-57,59,61-63,65-66H,4-7,9-10,12-15,18,21-23,27,30,32-36,38-39,41,43-44,46-49H2,1-3H3,(H,60,67)/b11-8+,19-16-,20-17+,26-24-,29-25+,31-28-,40-37-,45-42+. The first-order valence-electron chi connectivity index (χ1n) is 27.5. The van der Waals surface area contributed by atoms with Gasteiger partial charge in [0.25, 0.3) is 0 Å². The van der Waals surface area contributed by atoms with Gasteiger partial charge in [-0.1, -0.05) is 195 Å². The lowest BCUT2D eigenvalue weighted by molar-refractivity contribution is -0.305. The predicted octanol–water partition coefficient (Wildman–Crippen LogP) is 12.0. The molecule has 0 spiro atoms. The van der Waals surface area contributed by atoms with Crippen molar-refractivity contribution in [2.24, 2.45) is 0 Å². The molecule has 0 aromatic heterocycles. The highest BCUT2D eigenvalue weighted by Gasteiger charge is 2.47. The summed E-state index contributed by atoms with van der Waals surface area (Å²) >= 11 is 0. The van der Waals surface area contributed by atoms with Gasteiger partial charge in [0.05, 0.1) is 25.4 Å². The van der Waals surface area contributed by atoms with E-state index in [9.17, 15) is 35.1 Å². The van der Waals surface area contributed by atoms with E-state index in [1.54, 1.807) is 6.08 Å². The first kappa shape index (κ1) is 64.6. The highest BCUT2D eigenvalue weighted by molar-refractivity contribution is 5.80. The summed E-state index contributed by atoms with van der Waals surface area (Å²) in [7, 11) is 0. The quantitative estimate of drug-likeness (QED) is 0.0196. The van der Waals surface area contributed by atoms with Crippen LogP contribution in [0, 0.1) is 0 Å². The molecule has 6 N–H and O–H groups in total. The Morgan fingerprint density at radius 2 is 1.03 bits per heavy atom. The van der Waals surface area contributed by atoms with Crippen LogP contribution in [0.4, 0.5) is 0 Å². The van der Waals surface area contributed by atoms with Gasteiger partial charge in [0, 0.05) is 6.42 Å². The van der Waals surface area contributed by atoms with E-state index in [1.807, 2.05) is 18.2 Å². The molecule has 1 aliphatic rings. The molecule has 1 rings (SSSR count). The van der Waals surface area contributed by atoms with Crippen molar-refractivity contribution in [2.75, 3.05) is 13.2 Å². The van der Waals surface area contributed by atoms with Crippen LogP contribution >= 0.6 is 0 Å². The molecule has 0 radical (unpaired) electrons. The average Bonchev–Trinajstić information content (AvgIpc) is 3.36. The van der Waals surface area contributed by atoms with Gasteiger partial charge in [0.2, 0.25) is 5.91 Å². The maximum atomic E-state index is 13.3. The summed E-state index contributed by atoms with van der Waals surface area (Å²) in [5.74, 6) is -1.29. The Bertz CT molecular complexity index is 1500. The smallest absolute Gasteiger partial charge is 0.306 e. The van der Waals surface area contributed by atoms with Crippen LogP contribution in [0.2, 0.25) is 0 Å². The Kier molecular flexibility index (Phi) is 43.0. The maximum absolute atomic E-state index is 13.3. The van der Waals surface area contributed by atoms with Crippen molar-refractivity contribution in [1.29, 1.82) is 0 Å². The molecule has 8 unspecified atom stereocenters. The summed E-state index contributed by atoms with van der Waals surface area (Å²) in [5, 5.41) is 56.6. The third kappa shape index (κ3) is 34.8. The van der Waals surface area contributed by atoms with Gasteiger partial charge in [-0.3, -0.25) is 9.59 Å². The Labute approximate surface area is 425 Å². The molecule has 0 aliphatic carbocycles. The van der Waals surface area contributed by atoms with Crippen molar-refractivity contribution in [3.05, 3.63) is 97.2 Å². The van der Waals surface area contributed by atoms with Crippen molar-refractivity contribution in [2.45, 2.75) is 250 Å². The number of nitrogens with one attached hydrogen (secondary N) is 1. The summed E-state index contributed by atoms with van der Waals surface area (Å²) < 4.78 is 17.5. The van der Waals surface area contributed by atoms with E-state index in [1.165, 1.54) is 57.8 Å². The van der Waals surface area contributed by atoms with Crippen LogP contribution in [0.15, 0.2) is 97.2 Å². The third-order valence-electron chi connectivity index (χ3n) is 12.2. The number of rotatable bonds is 44. The fourth-order valence-corrected chi connectivity index (χ4v) is 7.83. The Morgan fingerprint density at radius 3 is 1.57 bits per heavy atom. The second-order valence-corrected chi connectivity index (χ2v) is 18.6. The van der Waals surface area contributed by atoms with Crippen molar-refractivity contribution in [3.8, 4) is 0 Å². The van der Waals surface area contributed by atoms with E-state index in [0.717, 1.165) is 96.3 Å². The van der Waals surface area contributed by atoms with Gasteiger partial charge in [-0.15, -0.1) is 0 Å². The van der Waals surface area contributed by atoms with Crippen LogP contribution in [-0.2, 0) is 23.8 Å². The molecule has 70 heavy (non-hydrogen) atoms. The van der Waals surface area contributed by atoms with E-state index < -0.39 is 67.4 Å². The molecule has 1 saturated heterocycles. The Morgan fingerprint density at radius 1 is 0.571 bits per heavy atom. The van der Waals surface area contributed by atoms with Crippen molar-refractivity contribution >= 4 is 11.9 Å². The topological polar surface area (TPSA) is 175 Å². The van der Waals surface area contributed by atoms with Crippen LogP contribution in [0.5, 0.6) is 0 Å². The van der Waals surface area contributed by atoms with E-state index in [4.69, 9.17) is 14.2 Å². The van der Waals surface area contributed by atoms with Gasteiger partial charge in [0.1, 0.15) is 24.4 Å². The maximum Gasteiger partial charge on any atom is 0.306 e. The zero-order valence-electron chi connectivity index (χ0n) is 43.8. The second-order valence-electron chi connectivity index (χ2n) is 18.6. The molecule has 0 saturated carbocycles. The van der Waals surface area contributed by atoms with E-state index >= 15 is 0 Å². The number of amides is 1. The zero-order chi connectivity index (χ0) is 51.1. The van der Waals surface area contributed by atoms with Gasteiger partial charge in [0.15, 0.2) is 12.4 Å². The molecule has 1 fully saturated rings. The van der Waals surface area contributed by atoms with E-state index in [-0.39, 0.29) is 19.4 Å². The summed E-state index contributed by atoms with van der Waals surface area (Å²) in [4.78, 5) is 26.4. The number of aliphatic hydroxyl groups excluding tert-OH is 5. The lowest BCUT2D eigenvalue weighted by atomic mass is 9.99. The van der Waals surface area contributed by atoms with Gasteiger partial charge >= 0.3 is 5.97 Å². The number of aliphatic hydroxyl groups is 5. The van der Waals surface area contributed by atoms with Gasteiger partial charge < -0.3 is 45.1 Å². The van der Waals surface area contributed by atoms with Crippen LogP contribution in [0.3, 0.4) is 0 Å². The molecular formula is C59H99NO10. The summed E-state index contributed by atoms with van der Waals surface area (Å²) in [6.07, 6.45) is 50.4. The number of unbranched alkanes of at least 4 members (excludes halogenated alkanes) is 16. The molecule has 1 aliphatic heterocycles. The minimum absolute atomic E-state index is 0.0860. The number of carbonyl (C=O) groups is 2. The first-order chi connectivity index (χ1) is 34.2. The lowest BCUT2D eigenvalue weighted by Gasteiger charge is -2.41.